The van der Waals surface area contributed by atoms with E-state index in [9.17, 15) is 4.79 Å². The van der Waals surface area contributed by atoms with Crippen molar-refractivity contribution in [3.63, 3.8) is 0 Å². The van der Waals surface area contributed by atoms with E-state index in [1.165, 1.54) is 0 Å². The van der Waals surface area contributed by atoms with Crippen LogP contribution in [0.1, 0.15) is 38.1 Å². The molecule has 0 bridgehead atoms. The molecule has 1 rings (SSSR count). The summed E-state index contributed by atoms with van der Waals surface area (Å²) in [5, 5.41) is 4.87. The third-order valence-electron chi connectivity index (χ3n) is 2.81. The molecule has 0 aliphatic rings. The summed E-state index contributed by atoms with van der Waals surface area (Å²) in [4.78, 5) is 11.9. The Balaban J connectivity index is 2.84. The maximum atomic E-state index is 11.9. The Bertz CT molecular complexity index is 401. The van der Waals surface area contributed by atoms with E-state index in [0.717, 1.165) is 24.2 Å². The van der Waals surface area contributed by atoms with Crippen molar-refractivity contribution in [2.45, 2.75) is 52.6 Å². The number of aryl methyl sites for hydroxylation is 2. The fourth-order valence-corrected chi connectivity index (χ4v) is 2.01. The molecular weight excluding hydrogens is 238 g/mol. The number of halogens is 1. The standard InChI is InChI=1S/C12H20ClN3O/c1-4-6-9(14)11(17)7-10-12(13)8(3)15-16(10)5-2/h9H,4-7,14H2,1-3H3. The SMILES string of the molecule is CCCC(N)C(=O)Cc1c(Cl)c(C)nn1CC. The first kappa shape index (κ1) is 14.2. The lowest BCUT2D eigenvalue weighted by atomic mass is 10.0. The maximum absolute atomic E-state index is 11.9. The van der Waals surface area contributed by atoms with Crippen molar-refractivity contribution < 1.29 is 4.79 Å². The number of nitrogens with zero attached hydrogens (tertiary/aromatic N) is 2. The van der Waals surface area contributed by atoms with E-state index in [2.05, 4.69) is 5.10 Å². The molecule has 2 N–H and O–H groups in total. The molecule has 0 aromatic carbocycles. The molecule has 0 saturated carbocycles. The van der Waals surface area contributed by atoms with Gasteiger partial charge in [-0.1, -0.05) is 24.9 Å². The fraction of sp³-hybridized carbons (Fsp3) is 0.667. The molecular formula is C12H20ClN3O. The van der Waals surface area contributed by atoms with Crippen LogP contribution in [0.5, 0.6) is 0 Å². The summed E-state index contributed by atoms with van der Waals surface area (Å²) in [6.07, 6.45) is 1.90. The smallest absolute Gasteiger partial charge is 0.155 e. The topological polar surface area (TPSA) is 60.9 Å². The highest BCUT2D eigenvalue weighted by Crippen LogP contribution is 2.21. The Morgan fingerprint density at radius 2 is 2.18 bits per heavy atom. The molecule has 0 saturated heterocycles. The van der Waals surface area contributed by atoms with Crippen molar-refractivity contribution in [1.82, 2.24) is 9.78 Å². The van der Waals surface area contributed by atoms with Crippen LogP contribution in [0.25, 0.3) is 0 Å². The van der Waals surface area contributed by atoms with Gasteiger partial charge in [0.15, 0.2) is 5.78 Å². The van der Waals surface area contributed by atoms with Crippen LogP contribution >= 0.6 is 11.6 Å². The van der Waals surface area contributed by atoms with E-state index in [0.29, 0.717) is 11.6 Å². The molecule has 0 amide bonds. The predicted molar refractivity (Wildman–Crippen MR) is 69.2 cm³/mol. The average molecular weight is 258 g/mol. The van der Waals surface area contributed by atoms with Gasteiger partial charge in [0.05, 0.1) is 28.9 Å². The van der Waals surface area contributed by atoms with E-state index in [-0.39, 0.29) is 12.2 Å². The largest absolute Gasteiger partial charge is 0.321 e. The van der Waals surface area contributed by atoms with Gasteiger partial charge in [-0.05, 0) is 20.3 Å². The second kappa shape index (κ2) is 6.17. The number of hydrogen-bond donors (Lipinski definition) is 1. The third-order valence-corrected chi connectivity index (χ3v) is 3.30. The highest BCUT2D eigenvalue weighted by Gasteiger charge is 2.19. The summed E-state index contributed by atoms with van der Waals surface area (Å²) in [5.41, 5.74) is 7.35. The Hall–Kier alpha value is -0.870. The number of ketones is 1. The number of carbonyl (C=O) groups is 1. The van der Waals surface area contributed by atoms with Crippen LogP contribution in [-0.2, 0) is 17.8 Å². The van der Waals surface area contributed by atoms with Crippen molar-refractivity contribution in [3.8, 4) is 0 Å². The highest BCUT2D eigenvalue weighted by molar-refractivity contribution is 6.32. The molecule has 1 aromatic heterocycles. The second-order valence-electron chi connectivity index (χ2n) is 4.20. The van der Waals surface area contributed by atoms with Crippen LogP contribution in [0, 0.1) is 6.92 Å². The van der Waals surface area contributed by atoms with Gasteiger partial charge in [0.2, 0.25) is 0 Å². The second-order valence-corrected chi connectivity index (χ2v) is 4.58. The third kappa shape index (κ3) is 3.30. The quantitative estimate of drug-likeness (QED) is 0.849. The van der Waals surface area contributed by atoms with Crippen LogP contribution < -0.4 is 5.73 Å². The van der Waals surface area contributed by atoms with E-state index in [1.807, 2.05) is 20.8 Å². The molecule has 0 aliphatic heterocycles. The zero-order chi connectivity index (χ0) is 13.0. The minimum Gasteiger partial charge on any atom is -0.321 e. The van der Waals surface area contributed by atoms with Gasteiger partial charge < -0.3 is 5.73 Å². The molecule has 0 fully saturated rings. The van der Waals surface area contributed by atoms with E-state index >= 15 is 0 Å². The monoisotopic (exact) mass is 257 g/mol. The average Bonchev–Trinajstić information content (AvgIpc) is 2.57. The number of rotatable bonds is 6. The summed E-state index contributed by atoms with van der Waals surface area (Å²) in [6, 6.07) is -0.392. The van der Waals surface area contributed by atoms with Crippen LogP contribution in [0.15, 0.2) is 0 Å². The molecule has 1 unspecified atom stereocenters. The van der Waals surface area contributed by atoms with Gasteiger partial charge in [-0.2, -0.15) is 5.10 Å². The Morgan fingerprint density at radius 1 is 1.53 bits per heavy atom. The van der Waals surface area contributed by atoms with Gasteiger partial charge in [-0.3, -0.25) is 9.48 Å². The number of aromatic nitrogens is 2. The molecule has 4 nitrogen and oxygen atoms in total. The van der Waals surface area contributed by atoms with Crippen LogP contribution in [-0.4, -0.2) is 21.6 Å². The fourth-order valence-electron chi connectivity index (χ4n) is 1.81. The molecule has 0 spiro atoms. The van der Waals surface area contributed by atoms with Crippen molar-refractivity contribution in [2.24, 2.45) is 5.73 Å². The van der Waals surface area contributed by atoms with Gasteiger partial charge in [-0.15, -0.1) is 0 Å². The first-order valence-electron chi connectivity index (χ1n) is 6.01. The minimum atomic E-state index is -0.392. The molecule has 1 aromatic rings. The number of nitrogens with two attached hydrogens (primary N) is 1. The summed E-state index contributed by atoms with van der Waals surface area (Å²) in [7, 11) is 0. The van der Waals surface area contributed by atoms with Crippen molar-refractivity contribution >= 4 is 17.4 Å². The molecule has 0 aliphatic carbocycles. The van der Waals surface area contributed by atoms with Crippen LogP contribution in [0.2, 0.25) is 5.02 Å². The van der Waals surface area contributed by atoms with Gasteiger partial charge in [0.25, 0.3) is 0 Å². The lowest BCUT2D eigenvalue weighted by Gasteiger charge is -2.10. The van der Waals surface area contributed by atoms with E-state index in [1.54, 1.807) is 4.68 Å². The lowest BCUT2D eigenvalue weighted by molar-refractivity contribution is -0.119. The predicted octanol–water partition coefficient (Wildman–Crippen LogP) is 2.10. The Morgan fingerprint density at radius 3 is 2.71 bits per heavy atom. The number of carbonyl (C=O) groups excluding carboxylic acids is 1. The first-order chi connectivity index (χ1) is 8.01. The Labute approximate surface area is 107 Å². The van der Waals surface area contributed by atoms with E-state index < -0.39 is 6.04 Å². The molecule has 5 heteroatoms. The zero-order valence-corrected chi connectivity index (χ0v) is 11.4. The Kier molecular flexibility index (Phi) is 5.15. The first-order valence-corrected chi connectivity index (χ1v) is 6.39. The normalized spacial score (nSPS) is 12.8. The number of hydrogen-bond acceptors (Lipinski definition) is 3. The van der Waals surface area contributed by atoms with Crippen molar-refractivity contribution in [1.29, 1.82) is 0 Å². The molecule has 0 radical (unpaired) electrons. The maximum Gasteiger partial charge on any atom is 0.155 e. The van der Waals surface area contributed by atoms with Gasteiger partial charge in [-0.25, -0.2) is 0 Å². The van der Waals surface area contributed by atoms with Crippen LogP contribution in [0.4, 0.5) is 0 Å². The molecule has 1 heterocycles. The van der Waals surface area contributed by atoms with E-state index in [4.69, 9.17) is 17.3 Å². The number of Topliss-reactive ketones (excluding diaryl/α,β-unsaturated/α-hetero) is 1. The molecule has 17 heavy (non-hydrogen) atoms. The van der Waals surface area contributed by atoms with Crippen LogP contribution in [0.3, 0.4) is 0 Å². The summed E-state index contributed by atoms with van der Waals surface area (Å²) >= 11 is 6.14. The van der Waals surface area contributed by atoms with Crippen molar-refractivity contribution in [3.05, 3.63) is 16.4 Å². The summed E-state index contributed by atoms with van der Waals surface area (Å²) in [6.45, 7) is 6.54. The van der Waals surface area contributed by atoms with Gasteiger partial charge >= 0.3 is 0 Å². The molecule has 1 atom stereocenters. The highest BCUT2D eigenvalue weighted by atomic mass is 35.5. The summed E-state index contributed by atoms with van der Waals surface area (Å²) < 4.78 is 1.77. The zero-order valence-electron chi connectivity index (χ0n) is 10.7. The van der Waals surface area contributed by atoms with Gasteiger partial charge in [0.1, 0.15) is 0 Å². The summed E-state index contributed by atoms with van der Waals surface area (Å²) in [5.74, 6) is 0.0309. The van der Waals surface area contributed by atoms with Crippen molar-refractivity contribution in [2.75, 3.05) is 0 Å². The lowest BCUT2D eigenvalue weighted by Crippen LogP contribution is -2.32. The van der Waals surface area contributed by atoms with Gasteiger partial charge in [0, 0.05) is 6.54 Å². The molecule has 96 valence electrons. The minimum absolute atomic E-state index is 0.0309.